The molecule has 0 amide bonds. The van der Waals surface area contributed by atoms with E-state index in [0.717, 1.165) is 5.56 Å². The van der Waals surface area contributed by atoms with Crippen LogP contribution in [0.15, 0.2) is 24.3 Å². The van der Waals surface area contributed by atoms with Crippen molar-refractivity contribution in [3.8, 4) is 5.75 Å². The maximum atomic E-state index is 8.92. The van der Waals surface area contributed by atoms with Crippen LogP contribution in [0.25, 0.3) is 0 Å². The monoisotopic (exact) mass is 154 g/mol. The summed E-state index contributed by atoms with van der Waals surface area (Å²) in [5.41, 5.74) is 0.924. The average molecular weight is 154 g/mol. The molecule has 2 nitrogen and oxygen atoms in total. The minimum absolute atomic E-state index is 0.250. The number of aryl methyl sites for hydroxylation is 1. The van der Waals surface area contributed by atoms with Gasteiger partial charge in [0.15, 0.2) is 0 Å². The van der Waals surface area contributed by atoms with Crippen molar-refractivity contribution in [1.82, 2.24) is 0 Å². The Morgan fingerprint density at radius 3 is 2.00 bits per heavy atom. The fraction of sp³-hybridized carbons (Fsp3) is 0.333. The van der Waals surface area contributed by atoms with Crippen LogP contribution in [-0.2, 0) is 0 Å². The number of phenolic OH excluding ortho intramolecular Hbond substituents is 1. The van der Waals surface area contributed by atoms with Gasteiger partial charge in [-0.1, -0.05) is 18.2 Å². The summed E-state index contributed by atoms with van der Waals surface area (Å²) in [7, 11) is 0. The Bertz CT molecular complexity index is 176. The number of rotatable bonds is 0. The topological polar surface area (TPSA) is 40.5 Å². The first kappa shape index (κ1) is 9.98. The summed E-state index contributed by atoms with van der Waals surface area (Å²) in [6, 6.07) is 7.25. The first-order valence-corrected chi connectivity index (χ1v) is 3.57. The summed E-state index contributed by atoms with van der Waals surface area (Å²) < 4.78 is 0. The third kappa shape index (κ3) is 4.39. The molecule has 0 unspecified atom stereocenters. The van der Waals surface area contributed by atoms with E-state index < -0.39 is 0 Å². The summed E-state index contributed by atoms with van der Waals surface area (Å²) in [4.78, 5) is 0. The van der Waals surface area contributed by atoms with E-state index in [2.05, 4.69) is 0 Å². The number of aliphatic hydroxyl groups excluding tert-OH is 1. The van der Waals surface area contributed by atoms with E-state index in [1.165, 1.54) is 0 Å². The van der Waals surface area contributed by atoms with Crippen molar-refractivity contribution in [2.45, 2.75) is 13.8 Å². The van der Waals surface area contributed by atoms with E-state index in [0.29, 0.717) is 5.75 Å². The predicted molar refractivity (Wildman–Crippen MR) is 45.6 cm³/mol. The molecule has 1 aromatic rings. The van der Waals surface area contributed by atoms with E-state index in [1.54, 1.807) is 13.0 Å². The number of hydrogen-bond acceptors (Lipinski definition) is 2. The van der Waals surface area contributed by atoms with E-state index >= 15 is 0 Å². The van der Waals surface area contributed by atoms with Gasteiger partial charge in [-0.15, -0.1) is 0 Å². The molecule has 1 aromatic carbocycles. The number of para-hydroxylation sites is 1. The van der Waals surface area contributed by atoms with Gasteiger partial charge in [-0.3, -0.25) is 0 Å². The number of phenols is 1. The molecular formula is C9H14O2. The van der Waals surface area contributed by atoms with Gasteiger partial charge in [-0.05, 0) is 25.5 Å². The highest BCUT2D eigenvalue weighted by Gasteiger charge is 1.86. The SMILES string of the molecule is CCO.Cc1ccccc1O. The smallest absolute Gasteiger partial charge is 0.118 e. The maximum absolute atomic E-state index is 8.92. The van der Waals surface area contributed by atoms with Crippen LogP contribution in [0, 0.1) is 6.92 Å². The average Bonchev–Trinajstić information content (AvgIpc) is 1.97. The molecule has 0 aliphatic rings. The van der Waals surface area contributed by atoms with Gasteiger partial charge >= 0.3 is 0 Å². The molecule has 11 heavy (non-hydrogen) atoms. The molecule has 0 bridgehead atoms. The van der Waals surface area contributed by atoms with Crippen LogP contribution in [0.5, 0.6) is 5.75 Å². The summed E-state index contributed by atoms with van der Waals surface area (Å²) >= 11 is 0. The third-order valence-corrected chi connectivity index (χ3v) is 1.12. The van der Waals surface area contributed by atoms with E-state index in [1.807, 2.05) is 25.1 Å². The highest BCUT2D eigenvalue weighted by Crippen LogP contribution is 2.12. The van der Waals surface area contributed by atoms with Crippen molar-refractivity contribution < 1.29 is 10.2 Å². The van der Waals surface area contributed by atoms with Crippen LogP contribution in [0.1, 0.15) is 12.5 Å². The van der Waals surface area contributed by atoms with Crippen LogP contribution >= 0.6 is 0 Å². The van der Waals surface area contributed by atoms with Gasteiger partial charge in [-0.2, -0.15) is 0 Å². The van der Waals surface area contributed by atoms with Gasteiger partial charge in [-0.25, -0.2) is 0 Å². The van der Waals surface area contributed by atoms with E-state index in [4.69, 9.17) is 10.2 Å². The Kier molecular flexibility index (Phi) is 5.21. The molecule has 2 N–H and O–H groups in total. The van der Waals surface area contributed by atoms with Gasteiger partial charge in [0.25, 0.3) is 0 Å². The van der Waals surface area contributed by atoms with Gasteiger partial charge in [0.05, 0.1) is 0 Å². The van der Waals surface area contributed by atoms with Gasteiger partial charge in [0, 0.05) is 6.61 Å². The molecular weight excluding hydrogens is 140 g/mol. The first-order valence-electron chi connectivity index (χ1n) is 3.57. The quantitative estimate of drug-likeness (QED) is 0.597. The van der Waals surface area contributed by atoms with Crippen LogP contribution < -0.4 is 0 Å². The Hall–Kier alpha value is -1.02. The molecule has 1 rings (SSSR count). The molecule has 2 heteroatoms. The zero-order valence-corrected chi connectivity index (χ0v) is 6.91. The summed E-state index contributed by atoms with van der Waals surface area (Å²) in [6.45, 7) is 3.80. The largest absolute Gasteiger partial charge is 0.508 e. The molecule has 0 aromatic heterocycles. The molecule has 0 heterocycles. The minimum atomic E-state index is 0.250. The Morgan fingerprint density at radius 2 is 1.73 bits per heavy atom. The van der Waals surface area contributed by atoms with Crippen molar-refractivity contribution in [3.63, 3.8) is 0 Å². The van der Waals surface area contributed by atoms with Gasteiger partial charge < -0.3 is 10.2 Å². The second kappa shape index (κ2) is 5.74. The molecule has 0 fully saturated rings. The van der Waals surface area contributed by atoms with Crippen LogP contribution in [0.3, 0.4) is 0 Å². The lowest BCUT2D eigenvalue weighted by Crippen LogP contribution is -1.68. The van der Waals surface area contributed by atoms with Crippen LogP contribution in [0.2, 0.25) is 0 Å². The lowest BCUT2D eigenvalue weighted by Gasteiger charge is -1.92. The van der Waals surface area contributed by atoms with Crippen molar-refractivity contribution in [2.75, 3.05) is 6.61 Å². The highest BCUT2D eigenvalue weighted by molar-refractivity contribution is 5.29. The Balaban J connectivity index is 0.000000292. The molecule has 0 saturated heterocycles. The van der Waals surface area contributed by atoms with E-state index in [-0.39, 0.29) is 6.61 Å². The Labute approximate surface area is 67.1 Å². The van der Waals surface area contributed by atoms with Crippen molar-refractivity contribution in [1.29, 1.82) is 0 Å². The third-order valence-electron chi connectivity index (χ3n) is 1.12. The van der Waals surface area contributed by atoms with Gasteiger partial charge in [0.1, 0.15) is 5.75 Å². The maximum Gasteiger partial charge on any atom is 0.118 e. The number of aromatic hydroxyl groups is 1. The molecule has 0 saturated carbocycles. The van der Waals surface area contributed by atoms with Crippen molar-refractivity contribution in [3.05, 3.63) is 29.8 Å². The summed E-state index contributed by atoms with van der Waals surface area (Å²) in [5.74, 6) is 0.368. The molecule has 0 atom stereocenters. The standard InChI is InChI=1S/C7H8O.C2H6O/c1-6-4-2-3-5-7(6)8;1-2-3/h2-5,8H,1H3;3H,2H2,1H3. The highest BCUT2D eigenvalue weighted by atomic mass is 16.3. The number of aliphatic hydroxyl groups is 1. The molecule has 0 spiro atoms. The number of hydrogen-bond donors (Lipinski definition) is 2. The van der Waals surface area contributed by atoms with E-state index in [9.17, 15) is 0 Å². The van der Waals surface area contributed by atoms with Crippen LogP contribution in [-0.4, -0.2) is 16.8 Å². The second-order valence-corrected chi connectivity index (χ2v) is 2.10. The fourth-order valence-electron chi connectivity index (χ4n) is 0.563. The number of benzene rings is 1. The van der Waals surface area contributed by atoms with Crippen molar-refractivity contribution in [2.24, 2.45) is 0 Å². The molecule has 0 radical (unpaired) electrons. The first-order chi connectivity index (χ1) is 5.22. The lowest BCUT2D eigenvalue weighted by molar-refractivity contribution is 0.318. The normalized spacial score (nSPS) is 8.27. The molecule has 0 aliphatic heterocycles. The van der Waals surface area contributed by atoms with Crippen molar-refractivity contribution >= 4 is 0 Å². The second-order valence-electron chi connectivity index (χ2n) is 2.10. The zero-order chi connectivity index (χ0) is 8.69. The molecule has 0 aliphatic carbocycles. The molecule has 62 valence electrons. The fourth-order valence-corrected chi connectivity index (χ4v) is 0.563. The van der Waals surface area contributed by atoms with Gasteiger partial charge in [0.2, 0.25) is 0 Å². The zero-order valence-electron chi connectivity index (χ0n) is 6.91. The summed E-state index contributed by atoms with van der Waals surface area (Å²) in [5, 5.41) is 16.5. The predicted octanol–water partition coefficient (Wildman–Crippen LogP) is 1.70. The lowest BCUT2D eigenvalue weighted by atomic mass is 10.2. The van der Waals surface area contributed by atoms with Crippen LogP contribution in [0.4, 0.5) is 0 Å². The Morgan fingerprint density at radius 1 is 1.27 bits per heavy atom. The minimum Gasteiger partial charge on any atom is -0.508 e. The summed E-state index contributed by atoms with van der Waals surface area (Å²) in [6.07, 6.45) is 0.